The molecule has 0 aliphatic carbocycles. The molecule has 14 heavy (non-hydrogen) atoms. The lowest BCUT2D eigenvalue weighted by atomic mass is 9.97. The van der Waals surface area contributed by atoms with E-state index in [9.17, 15) is 18.0 Å². The van der Waals surface area contributed by atoms with Crippen LogP contribution in [0.15, 0.2) is 0 Å². The van der Waals surface area contributed by atoms with Gasteiger partial charge in [-0.2, -0.15) is 13.2 Å². The molecule has 82 valence electrons. The third-order valence-electron chi connectivity index (χ3n) is 2.26. The topological polar surface area (TPSA) is 38.3 Å². The lowest BCUT2D eigenvalue weighted by Gasteiger charge is -2.29. The van der Waals surface area contributed by atoms with Gasteiger partial charge in [0.05, 0.1) is 6.61 Å². The Labute approximate surface area is 79.6 Å². The molecule has 1 rings (SSSR count). The van der Waals surface area contributed by atoms with Gasteiger partial charge in [0.15, 0.2) is 0 Å². The number of carbonyl (C=O) groups is 1. The molecule has 1 fully saturated rings. The van der Waals surface area contributed by atoms with Crippen molar-refractivity contribution >= 4 is 5.97 Å². The average Bonchev–Trinajstić information content (AvgIpc) is 2.51. The van der Waals surface area contributed by atoms with E-state index in [-0.39, 0.29) is 19.6 Å². The summed E-state index contributed by atoms with van der Waals surface area (Å²) in [7, 11) is 0. The smallest absolute Gasteiger partial charge is 0.417 e. The highest BCUT2D eigenvalue weighted by Gasteiger charge is 2.62. The summed E-state index contributed by atoms with van der Waals surface area (Å²) < 4.78 is 42.3. The Balaban J connectivity index is 2.87. The van der Waals surface area contributed by atoms with Crippen LogP contribution in [0.4, 0.5) is 13.2 Å². The second-order valence-corrected chi connectivity index (χ2v) is 3.15. The van der Waals surface area contributed by atoms with Gasteiger partial charge in [-0.3, -0.25) is 5.32 Å². The summed E-state index contributed by atoms with van der Waals surface area (Å²) in [6.07, 6.45) is -4.50. The highest BCUT2D eigenvalue weighted by atomic mass is 19.4. The highest BCUT2D eigenvalue weighted by Crippen LogP contribution is 2.37. The molecule has 1 atom stereocenters. The maximum Gasteiger partial charge on any atom is 0.417 e. The Morgan fingerprint density at radius 3 is 2.57 bits per heavy atom. The maximum atomic E-state index is 12.6. The summed E-state index contributed by atoms with van der Waals surface area (Å²) in [5.41, 5.74) is -2.47. The normalized spacial score (nSPS) is 27.7. The Bertz CT molecular complexity index is 221. The molecule has 1 aliphatic rings. The number of hydrogen-bond acceptors (Lipinski definition) is 3. The number of esters is 1. The molecule has 1 N–H and O–H groups in total. The van der Waals surface area contributed by atoms with Crippen molar-refractivity contribution in [1.82, 2.24) is 5.32 Å². The summed E-state index contributed by atoms with van der Waals surface area (Å²) >= 11 is 0. The summed E-state index contributed by atoms with van der Waals surface area (Å²) in [5.74, 6) is -1.22. The Kier molecular flexibility index (Phi) is 3.04. The van der Waals surface area contributed by atoms with Crippen LogP contribution in [0.25, 0.3) is 0 Å². The number of nitrogens with one attached hydrogen (secondary N) is 1. The van der Waals surface area contributed by atoms with Gasteiger partial charge in [0.25, 0.3) is 0 Å². The number of hydrogen-bond donors (Lipinski definition) is 1. The van der Waals surface area contributed by atoms with E-state index < -0.39 is 17.7 Å². The van der Waals surface area contributed by atoms with Gasteiger partial charge in [-0.15, -0.1) is 0 Å². The van der Waals surface area contributed by atoms with Gasteiger partial charge in [-0.1, -0.05) is 0 Å². The minimum atomic E-state index is -4.59. The molecule has 0 bridgehead atoms. The van der Waals surface area contributed by atoms with Gasteiger partial charge in [0.1, 0.15) is 0 Å². The summed E-state index contributed by atoms with van der Waals surface area (Å²) in [6, 6.07) is 0. The van der Waals surface area contributed by atoms with Gasteiger partial charge in [0, 0.05) is 0 Å². The maximum absolute atomic E-state index is 12.6. The largest absolute Gasteiger partial charge is 0.464 e. The minimum Gasteiger partial charge on any atom is -0.464 e. The van der Waals surface area contributed by atoms with Crippen molar-refractivity contribution in [3.8, 4) is 0 Å². The molecular formula is C8H12F3NO2. The standard InChI is InChI=1S/C8H12F3NO2/c1-2-14-6(13)7(8(9,10)11)4-3-5-12-7/h12H,2-5H2,1H3/t7-/m0/s1. The predicted molar refractivity (Wildman–Crippen MR) is 42.7 cm³/mol. The third kappa shape index (κ3) is 1.70. The van der Waals surface area contributed by atoms with Gasteiger partial charge in [-0.05, 0) is 26.3 Å². The number of rotatable bonds is 2. The van der Waals surface area contributed by atoms with Crippen molar-refractivity contribution in [2.45, 2.75) is 31.5 Å². The SMILES string of the molecule is CCOC(=O)[C@]1(C(F)(F)F)CCCN1. The van der Waals surface area contributed by atoms with E-state index >= 15 is 0 Å². The Hall–Kier alpha value is -0.780. The molecule has 0 radical (unpaired) electrons. The van der Waals surface area contributed by atoms with Gasteiger partial charge in [-0.25, -0.2) is 4.79 Å². The van der Waals surface area contributed by atoms with E-state index in [2.05, 4.69) is 10.1 Å². The van der Waals surface area contributed by atoms with E-state index in [0.717, 1.165) is 0 Å². The first-order chi connectivity index (χ1) is 6.44. The van der Waals surface area contributed by atoms with Crippen LogP contribution < -0.4 is 5.32 Å². The van der Waals surface area contributed by atoms with Crippen LogP contribution in [0.5, 0.6) is 0 Å². The molecule has 0 spiro atoms. The number of ether oxygens (including phenoxy) is 1. The Morgan fingerprint density at radius 2 is 2.21 bits per heavy atom. The molecule has 0 aromatic heterocycles. The van der Waals surface area contributed by atoms with Crippen LogP contribution in [0, 0.1) is 0 Å². The van der Waals surface area contributed by atoms with Crippen LogP contribution in [-0.2, 0) is 9.53 Å². The molecule has 1 heterocycles. The third-order valence-corrected chi connectivity index (χ3v) is 2.26. The fraction of sp³-hybridized carbons (Fsp3) is 0.875. The van der Waals surface area contributed by atoms with Crippen LogP contribution in [-0.4, -0.2) is 30.8 Å². The van der Waals surface area contributed by atoms with Crippen LogP contribution in [0.2, 0.25) is 0 Å². The highest BCUT2D eigenvalue weighted by molar-refractivity contribution is 5.82. The molecule has 6 heteroatoms. The summed E-state index contributed by atoms with van der Waals surface area (Å²) in [6.45, 7) is 1.63. The lowest BCUT2D eigenvalue weighted by molar-refractivity contribution is -0.209. The van der Waals surface area contributed by atoms with Gasteiger partial charge in [0.2, 0.25) is 5.54 Å². The van der Waals surface area contributed by atoms with Crippen LogP contribution in [0.1, 0.15) is 19.8 Å². The quantitative estimate of drug-likeness (QED) is 0.698. The fourth-order valence-electron chi connectivity index (χ4n) is 1.53. The van der Waals surface area contributed by atoms with Crippen molar-refractivity contribution in [2.24, 2.45) is 0 Å². The van der Waals surface area contributed by atoms with E-state index in [4.69, 9.17) is 0 Å². The molecule has 1 aliphatic heterocycles. The second-order valence-electron chi connectivity index (χ2n) is 3.15. The average molecular weight is 211 g/mol. The van der Waals surface area contributed by atoms with Crippen molar-refractivity contribution in [3.63, 3.8) is 0 Å². The summed E-state index contributed by atoms with van der Waals surface area (Å²) in [5, 5.41) is 2.20. The second kappa shape index (κ2) is 3.76. The van der Waals surface area contributed by atoms with Crippen LogP contribution in [0.3, 0.4) is 0 Å². The first kappa shape index (κ1) is 11.3. The molecule has 3 nitrogen and oxygen atoms in total. The molecule has 0 saturated carbocycles. The molecule has 0 aromatic rings. The number of alkyl halides is 3. The van der Waals surface area contributed by atoms with E-state index in [1.165, 1.54) is 6.92 Å². The van der Waals surface area contributed by atoms with Gasteiger partial charge < -0.3 is 4.74 Å². The van der Waals surface area contributed by atoms with E-state index in [0.29, 0.717) is 6.42 Å². The zero-order chi connectivity index (χ0) is 10.8. The lowest BCUT2D eigenvalue weighted by Crippen LogP contribution is -2.59. The van der Waals surface area contributed by atoms with Crippen molar-refractivity contribution < 1.29 is 22.7 Å². The molecule has 0 aromatic carbocycles. The number of halogens is 3. The van der Waals surface area contributed by atoms with Gasteiger partial charge >= 0.3 is 12.1 Å². The van der Waals surface area contributed by atoms with Crippen molar-refractivity contribution in [2.75, 3.05) is 13.2 Å². The van der Waals surface area contributed by atoms with Crippen LogP contribution >= 0.6 is 0 Å². The van der Waals surface area contributed by atoms with Crippen molar-refractivity contribution in [1.29, 1.82) is 0 Å². The van der Waals surface area contributed by atoms with E-state index in [1.54, 1.807) is 0 Å². The molecular weight excluding hydrogens is 199 g/mol. The first-order valence-corrected chi connectivity index (χ1v) is 4.43. The molecule has 1 saturated heterocycles. The first-order valence-electron chi connectivity index (χ1n) is 4.43. The summed E-state index contributed by atoms with van der Waals surface area (Å²) in [4.78, 5) is 11.2. The number of carbonyl (C=O) groups excluding carboxylic acids is 1. The predicted octanol–water partition coefficient (Wildman–Crippen LogP) is 1.23. The zero-order valence-corrected chi connectivity index (χ0v) is 7.78. The Morgan fingerprint density at radius 1 is 1.57 bits per heavy atom. The monoisotopic (exact) mass is 211 g/mol. The molecule has 0 unspecified atom stereocenters. The fourth-order valence-corrected chi connectivity index (χ4v) is 1.53. The van der Waals surface area contributed by atoms with Crippen molar-refractivity contribution in [3.05, 3.63) is 0 Å². The van der Waals surface area contributed by atoms with E-state index in [1.807, 2.05) is 0 Å². The zero-order valence-electron chi connectivity index (χ0n) is 7.78. The molecule has 0 amide bonds. The minimum absolute atomic E-state index is 0.0433.